The summed E-state index contributed by atoms with van der Waals surface area (Å²) >= 11 is 0. The Kier molecular flexibility index (Phi) is 12.1. The van der Waals surface area contributed by atoms with E-state index in [9.17, 15) is 29.1 Å². The summed E-state index contributed by atoms with van der Waals surface area (Å²) in [5, 5.41) is 24.9. The summed E-state index contributed by atoms with van der Waals surface area (Å²) in [7, 11) is 0. The van der Waals surface area contributed by atoms with Gasteiger partial charge in [-0.1, -0.05) is 6.42 Å². The average Bonchev–Trinajstić information content (AvgIpc) is 2.64. The molecule has 4 unspecified atom stereocenters. The van der Waals surface area contributed by atoms with E-state index in [0.717, 1.165) is 0 Å². The van der Waals surface area contributed by atoms with Crippen LogP contribution in [0.4, 0.5) is 0 Å². The average molecular weight is 418 g/mol. The summed E-state index contributed by atoms with van der Waals surface area (Å²) in [6.45, 7) is 0.971. The Bertz CT molecular complexity index is 600. The van der Waals surface area contributed by atoms with Crippen LogP contribution in [0.2, 0.25) is 0 Å². The highest BCUT2D eigenvalue weighted by Crippen LogP contribution is 1.99. The van der Waals surface area contributed by atoms with Gasteiger partial charge in [0.15, 0.2) is 0 Å². The Morgan fingerprint density at radius 3 is 2.00 bits per heavy atom. The molecule has 0 heterocycles. The third-order valence-corrected chi connectivity index (χ3v) is 3.89. The number of rotatable bonds is 14. The number of carbonyl (C=O) groups is 5. The first kappa shape index (κ1) is 26.2. The molecule has 0 aliphatic rings. The van der Waals surface area contributed by atoms with E-state index in [4.69, 9.17) is 22.3 Å². The van der Waals surface area contributed by atoms with Crippen molar-refractivity contribution >= 4 is 29.6 Å². The van der Waals surface area contributed by atoms with Crippen molar-refractivity contribution in [2.24, 2.45) is 17.2 Å². The lowest BCUT2D eigenvalue weighted by Gasteiger charge is -2.22. The number of nitrogens with two attached hydrogens (primary N) is 3. The fourth-order valence-corrected chi connectivity index (χ4v) is 2.19. The first-order valence-electron chi connectivity index (χ1n) is 9.02. The maximum atomic E-state index is 12.2. The Balaban J connectivity index is 4.75. The van der Waals surface area contributed by atoms with E-state index in [1.165, 1.54) is 6.92 Å². The number of aliphatic carboxylic acids is 1. The van der Waals surface area contributed by atoms with Gasteiger partial charge in [0.05, 0.1) is 19.1 Å². The highest BCUT2D eigenvalue weighted by molar-refractivity contribution is 5.94. The van der Waals surface area contributed by atoms with Crippen molar-refractivity contribution in [2.45, 2.75) is 56.8 Å². The first-order chi connectivity index (χ1) is 13.5. The molecule has 4 amide bonds. The Hall–Kier alpha value is -2.77. The highest BCUT2D eigenvalue weighted by Gasteiger charge is 2.29. The molecular formula is C16H30N6O7. The normalized spacial score (nSPS) is 14.8. The summed E-state index contributed by atoms with van der Waals surface area (Å²) < 4.78 is 0. The first-order valence-corrected chi connectivity index (χ1v) is 9.02. The third-order valence-electron chi connectivity index (χ3n) is 3.89. The van der Waals surface area contributed by atoms with Crippen LogP contribution in [-0.4, -0.2) is 77.1 Å². The van der Waals surface area contributed by atoms with Gasteiger partial charge in [-0.3, -0.25) is 19.2 Å². The van der Waals surface area contributed by atoms with Crippen molar-refractivity contribution in [3.63, 3.8) is 0 Å². The molecule has 29 heavy (non-hydrogen) atoms. The van der Waals surface area contributed by atoms with Gasteiger partial charge in [-0.2, -0.15) is 0 Å². The largest absolute Gasteiger partial charge is 0.480 e. The summed E-state index contributed by atoms with van der Waals surface area (Å²) in [4.78, 5) is 58.2. The van der Waals surface area contributed by atoms with Gasteiger partial charge in [0.25, 0.3) is 0 Å². The van der Waals surface area contributed by atoms with Crippen LogP contribution < -0.4 is 33.2 Å². The number of aliphatic hydroxyl groups is 1. The van der Waals surface area contributed by atoms with Crippen LogP contribution in [-0.2, 0) is 24.0 Å². The molecule has 0 bridgehead atoms. The van der Waals surface area contributed by atoms with Crippen LogP contribution in [0.15, 0.2) is 0 Å². The molecule has 0 fully saturated rings. The topological polar surface area (TPSA) is 240 Å². The number of carboxylic acids is 1. The van der Waals surface area contributed by atoms with Crippen LogP contribution in [0.3, 0.4) is 0 Å². The number of carbonyl (C=O) groups excluding carboxylic acids is 4. The Labute approximate surface area is 167 Å². The number of hydrogen-bond donors (Lipinski definition) is 8. The molecule has 0 spiro atoms. The van der Waals surface area contributed by atoms with E-state index in [0.29, 0.717) is 25.8 Å². The van der Waals surface area contributed by atoms with E-state index in [1.54, 1.807) is 0 Å². The molecular weight excluding hydrogens is 388 g/mol. The van der Waals surface area contributed by atoms with Gasteiger partial charge in [0.1, 0.15) is 18.1 Å². The van der Waals surface area contributed by atoms with Gasteiger partial charge in [0, 0.05) is 0 Å². The van der Waals surface area contributed by atoms with Crippen molar-refractivity contribution in [3.05, 3.63) is 0 Å². The standard InChI is InChI=1S/C16H30N6O7/c1-8(20-14(26)9(18)4-2-3-5-17)13(25)22-11(7-23)15(27)21-10(16(28)29)6-12(19)24/h8-11,23H,2-7,17-18H2,1H3,(H2,19,24)(H,20,26)(H,21,27)(H,22,25)(H,28,29). The quantitative estimate of drug-likeness (QED) is 0.128. The second kappa shape index (κ2) is 13.4. The number of amides is 4. The summed E-state index contributed by atoms with van der Waals surface area (Å²) in [6, 6.07) is -5.03. The van der Waals surface area contributed by atoms with E-state index in [2.05, 4.69) is 10.6 Å². The number of carboxylic acid groups (broad SMARTS) is 1. The Morgan fingerprint density at radius 1 is 0.931 bits per heavy atom. The molecule has 166 valence electrons. The zero-order valence-corrected chi connectivity index (χ0v) is 16.2. The maximum Gasteiger partial charge on any atom is 0.326 e. The van der Waals surface area contributed by atoms with Crippen LogP contribution in [0.1, 0.15) is 32.6 Å². The lowest BCUT2D eigenvalue weighted by atomic mass is 10.1. The fourth-order valence-electron chi connectivity index (χ4n) is 2.19. The predicted octanol–water partition coefficient (Wildman–Crippen LogP) is -4.13. The summed E-state index contributed by atoms with van der Waals surface area (Å²) in [5.41, 5.74) is 16.0. The molecule has 4 atom stereocenters. The molecule has 0 saturated heterocycles. The zero-order chi connectivity index (χ0) is 22.6. The Morgan fingerprint density at radius 2 is 1.52 bits per heavy atom. The molecule has 0 aromatic heterocycles. The zero-order valence-electron chi connectivity index (χ0n) is 16.2. The smallest absolute Gasteiger partial charge is 0.326 e. The van der Waals surface area contributed by atoms with Gasteiger partial charge in [0.2, 0.25) is 23.6 Å². The SMILES string of the molecule is CC(NC(=O)C(N)CCCCN)C(=O)NC(CO)C(=O)NC(CC(N)=O)C(=O)O. The molecule has 0 saturated carbocycles. The molecule has 11 N–H and O–H groups in total. The number of nitrogens with one attached hydrogen (secondary N) is 3. The second-order valence-electron chi connectivity index (χ2n) is 6.43. The monoisotopic (exact) mass is 418 g/mol. The van der Waals surface area contributed by atoms with Gasteiger partial charge < -0.3 is 43.4 Å². The molecule has 0 aromatic rings. The molecule has 0 aliphatic heterocycles. The van der Waals surface area contributed by atoms with Crippen molar-refractivity contribution in [1.82, 2.24) is 16.0 Å². The number of primary amides is 1. The molecule has 0 aliphatic carbocycles. The van der Waals surface area contributed by atoms with Crippen molar-refractivity contribution in [3.8, 4) is 0 Å². The minimum atomic E-state index is -1.62. The van der Waals surface area contributed by atoms with Crippen molar-refractivity contribution < 1.29 is 34.2 Å². The highest BCUT2D eigenvalue weighted by atomic mass is 16.4. The van der Waals surface area contributed by atoms with Crippen LogP contribution in [0.5, 0.6) is 0 Å². The van der Waals surface area contributed by atoms with E-state index in [1.807, 2.05) is 5.32 Å². The van der Waals surface area contributed by atoms with Crippen LogP contribution in [0, 0.1) is 0 Å². The molecule has 13 heteroatoms. The lowest BCUT2D eigenvalue weighted by molar-refractivity contribution is -0.144. The van der Waals surface area contributed by atoms with E-state index in [-0.39, 0.29) is 0 Å². The molecule has 0 radical (unpaired) electrons. The van der Waals surface area contributed by atoms with E-state index < -0.39 is 66.8 Å². The van der Waals surface area contributed by atoms with Gasteiger partial charge in [-0.05, 0) is 26.3 Å². The predicted molar refractivity (Wildman–Crippen MR) is 101 cm³/mol. The maximum absolute atomic E-state index is 12.2. The van der Waals surface area contributed by atoms with Crippen LogP contribution >= 0.6 is 0 Å². The number of unbranched alkanes of at least 4 members (excludes halogenated alkanes) is 1. The minimum absolute atomic E-state index is 0.384. The molecule has 0 rings (SSSR count). The minimum Gasteiger partial charge on any atom is -0.480 e. The summed E-state index contributed by atoms with van der Waals surface area (Å²) in [6.07, 6.45) is 1.07. The lowest BCUT2D eigenvalue weighted by Crippen LogP contribution is -2.57. The van der Waals surface area contributed by atoms with Crippen LogP contribution in [0.25, 0.3) is 0 Å². The number of hydrogen-bond acceptors (Lipinski definition) is 8. The third kappa shape index (κ3) is 10.4. The second-order valence-corrected chi connectivity index (χ2v) is 6.43. The molecule has 13 nitrogen and oxygen atoms in total. The van der Waals surface area contributed by atoms with Gasteiger partial charge in [-0.15, -0.1) is 0 Å². The molecule has 0 aromatic carbocycles. The van der Waals surface area contributed by atoms with Crippen molar-refractivity contribution in [1.29, 1.82) is 0 Å². The van der Waals surface area contributed by atoms with E-state index >= 15 is 0 Å². The summed E-state index contributed by atoms with van der Waals surface area (Å²) in [5.74, 6) is -4.87. The number of aliphatic hydroxyl groups excluding tert-OH is 1. The van der Waals surface area contributed by atoms with Gasteiger partial charge >= 0.3 is 5.97 Å². The fraction of sp³-hybridized carbons (Fsp3) is 0.688. The van der Waals surface area contributed by atoms with Gasteiger partial charge in [-0.25, -0.2) is 4.79 Å². The van der Waals surface area contributed by atoms with Crippen molar-refractivity contribution in [2.75, 3.05) is 13.2 Å².